The number of hydrogen-bond donors (Lipinski definition) is 1. The highest BCUT2D eigenvalue weighted by Crippen LogP contribution is 2.24. The molecule has 2 N–H and O–H groups in total. The lowest BCUT2D eigenvalue weighted by atomic mass is 10.1. The van der Waals surface area contributed by atoms with E-state index in [1.165, 1.54) is 10.5 Å². The van der Waals surface area contributed by atoms with Crippen molar-refractivity contribution in [2.75, 3.05) is 44.2 Å². The Morgan fingerprint density at radius 1 is 1.14 bits per heavy atom. The molecule has 0 aliphatic carbocycles. The Kier molecular flexibility index (Phi) is 5.11. The van der Waals surface area contributed by atoms with E-state index in [2.05, 4.69) is 23.1 Å². The van der Waals surface area contributed by atoms with Gasteiger partial charge < -0.3 is 10.6 Å². The molecule has 1 saturated heterocycles. The van der Waals surface area contributed by atoms with Crippen molar-refractivity contribution in [1.82, 2.24) is 4.90 Å². The topological polar surface area (TPSA) is 32.5 Å². The first-order valence-electron chi connectivity index (χ1n) is 7.23. The zero-order chi connectivity index (χ0) is 15.5. The van der Waals surface area contributed by atoms with Crippen LogP contribution in [0.2, 0.25) is 0 Å². The minimum Gasteiger partial charge on any atom is -0.369 e. The maximum atomic E-state index is 12.4. The molecule has 1 heterocycles. The lowest BCUT2D eigenvalue weighted by Crippen LogP contribution is -2.49. The van der Waals surface area contributed by atoms with Crippen molar-refractivity contribution >= 4 is 5.69 Å². The number of hydrogen-bond acceptors (Lipinski definition) is 3. The van der Waals surface area contributed by atoms with Crippen LogP contribution in [-0.4, -0.2) is 50.3 Å². The van der Waals surface area contributed by atoms with E-state index >= 15 is 0 Å². The number of piperazine rings is 1. The second kappa shape index (κ2) is 6.66. The molecule has 0 spiro atoms. The molecule has 0 atom stereocenters. The SMILES string of the molecule is Cc1cc(CCN)ccc1N1CCN(CC(F)(F)F)CC1. The molecule has 118 valence electrons. The fourth-order valence-corrected chi connectivity index (χ4v) is 2.79. The van der Waals surface area contributed by atoms with Crippen molar-refractivity contribution in [1.29, 1.82) is 0 Å². The average molecular weight is 301 g/mol. The lowest BCUT2D eigenvalue weighted by molar-refractivity contribution is -0.146. The summed E-state index contributed by atoms with van der Waals surface area (Å²) in [4.78, 5) is 3.63. The third-order valence-electron chi connectivity index (χ3n) is 3.81. The Bertz CT molecular complexity index is 466. The third-order valence-corrected chi connectivity index (χ3v) is 3.81. The van der Waals surface area contributed by atoms with E-state index < -0.39 is 12.7 Å². The van der Waals surface area contributed by atoms with Crippen molar-refractivity contribution in [2.24, 2.45) is 5.73 Å². The van der Waals surface area contributed by atoms with Crippen molar-refractivity contribution in [3.63, 3.8) is 0 Å². The van der Waals surface area contributed by atoms with E-state index in [0.717, 1.165) is 17.7 Å². The Balaban J connectivity index is 1.96. The van der Waals surface area contributed by atoms with E-state index in [9.17, 15) is 13.2 Å². The van der Waals surface area contributed by atoms with Crippen molar-refractivity contribution in [2.45, 2.75) is 19.5 Å². The normalized spacial score (nSPS) is 17.3. The fourth-order valence-electron chi connectivity index (χ4n) is 2.79. The largest absolute Gasteiger partial charge is 0.401 e. The smallest absolute Gasteiger partial charge is 0.369 e. The summed E-state index contributed by atoms with van der Waals surface area (Å²) in [6.45, 7) is 4.01. The van der Waals surface area contributed by atoms with Crippen LogP contribution in [-0.2, 0) is 6.42 Å². The number of benzene rings is 1. The quantitative estimate of drug-likeness (QED) is 0.925. The molecular weight excluding hydrogens is 279 g/mol. The highest BCUT2D eigenvalue weighted by molar-refractivity contribution is 5.54. The maximum absolute atomic E-state index is 12.4. The number of rotatable bonds is 4. The second-order valence-electron chi connectivity index (χ2n) is 5.54. The van der Waals surface area contributed by atoms with Crippen molar-refractivity contribution in [3.8, 4) is 0 Å². The van der Waals surface area contributed by atoms with E-state index in [4.69, 9.17) is 5.73 Å². The molecule has 1 aliphatic rings. The Morgan fingerprint density at radius 3 is 2.33 bits per heavy atom. The number of nitrogens with zero attached hydrogens (tertiary/aromatic N) is 2. The molecule has 0 amide bonds. The van der Waals surface area contributed by atoms with Gasteiger partial charge in [-0.1, -0.05) is 12.1 Å². The summed E-state index contributed by atoms with van der Waals surface area (Å²) in [5, 5.41) is 0. The minimum absolute atomic E-state index is 0.448. The van der Waals surface area contributed by atoms with Crippen molar-refractivity contribution < 1.29 is 13.2 Å². The monoisotopic (exact) mass is 301 g/mol. The molecule has 0 aromatic heterocycles. The predicted octanol–water partition coefficient (Wildman–Crippen LogP) is 2.18. The van der Waals surface area contributed by atoms with E-state index in [1.807, 2.05) is 6.92 Å². The molecule has 1 aromatic carbocycles. The molecule has 1 aliphatic heterocycles. The first-order chi connectivity index (χ1) is 9.89. The second-order valence-corrected chi connectivity index (χ2v) is 5.54. The highest BCUT2D eigenvalue weighted by atomic mass is 19.4. The summed E-state index contributed by atoms with van der Waals surface area (Å²) in [7, 11) is 0. The molecule has 1 aromatic rings. The van der Waals surface area contributed by atoms with Gasteiger partial charge in [0.25, 0.3) is 0 Å². The third kappa shape index (κ3) is 4.61. The summed E-state index contributed by atoms with van der Waals surface area (Å²) in [5.41, 5.74) is 9.02. The standard InChI is InChI=1S/C15H22F3N3/c1-12-10-13(4-5-19)2-3-14(12)21-8-6-20(7-9-21)11-15(16,17)18/h2-3,10H,4-9,11,19H2,1H3. The molecule has 21 heavy (non-hydrogen) atoms. The van der Waals surface area contributed by atoms with Crippen LogP contribution in [0.25, 0.3) is 0 Å². The lowest BCUT2D eigenvalue weighted by Gasteiger charge is -2.37. The van der Waals surface area contributed by atoms with Gasteiger partial charge in [-0.15, -0.1) is 0 Å². The predicted molar refractivity (Wildman–Crippen MR) is 78.6 cm³/mol. The highest BCUT2D eigenvalue weighted by Gasteiger charge is 2.32. The van der Waals surface area contributed by atoms with Gasteiger partial charge in [0.1, 0.15) is 0 Å². The Morgan fingerprint density at radius 2 is 1.81 bits per heavy atom. The summed E-state index contributed by atoms with van der Waals surface area (Å²) in [5.74, 6) is 0. The molecule has 0 unspecified atom stereocenters. The van der Waals surface area contributed by atoms with Crippen LogP contribution in [0.1, 0.15) is 11.1 Å². The van der Waals surface area contributed by atoms with Gasteiger partial charge in [-0.2, -0.15) is 13.2 Å². The fraction of sp³-hybridized carbons (Fsp3) is 0.600. The van der Waals surface area contributed by atoms with Gasteiger partial charge in [0.15, 0.2) is 0 Å². The molecule has 0 saturated carbocycles. The molecule has 0 radical (unpaired) electrons. The number of halogens is 3. The number of anilines is 1. The van der Waals surface area contributed by atoms with Gasteiger partial charge in [0.2, 0.25) is 0 Å². The van der Waals surface area contributed by atoms with Crippen LogP contribution in [0.5, 0.6) is 0 Å². The summed E-state index contributed by atoms with van der Waals surface area (Å²) in [6, 6.07) is 6.22. The van der Waals surface area contributed by atoms with Crippen LogP contribution in [0.4, 0.5) is 18.9 Å². The van der Waals surface area contributed by atoms with Crippen LogP contribution < -0.4 is 10.6 Å². The number of alkyl halides is 3. The maximum Gasteiger partial charge on any atom is 0.401 e. The average Bonchev–Trinajstić information content (AvgIpc) is 2.39. The molecule has 2 rings (SSSR count). The van der Waals surface area contributed by atoms with Gasteiger partial charge in [-0.3, -0.25) is 4.90 Å². The zero-order valence-corrected chi connectivity index (χ0v) is 12.3. The first kappa shape index (κ1) is 16.1. The first-order valence-corrected chi connectivity index (χ1v) is 7.23. The van der Waals surface area contributed by atoms with E-state index in [1.54, 1.807) is 0 Å². The van der Waals surface area contributed by atoms with Crippen LogP contribution >= 0.6 is 0 Å². The molecular formula is C15H22F3N3. The number of nitrogens with two attached hydrogens (primary N) is 1. The van der Waals surface area contributed by atoms with E-state index in [0.29, 0.717) is 32.7 Å². The van der Waals surface area contributed by atoms with Gasteiger partial charge in [-0.25, -0.2) is 0 Å². The molecule has 1 fully saturated rings. The van der Waals surface area contributed by atoms with Gasteiger partial charge in [0.05, 0.1) is 6.54 Å². The van der Waals surface area contributed by atoms with Gasteiger partial charge >= 0.3 is 6.18 Å². The van der Waals surface area contributed by atoms with Crippen LogP contribution in [0.3, 0.4) is 0 Å². The zero-order valence-electron chi connectivity index (χ0n) is 12.3. The van der Waals surface area contributed by atoms with Gasteiger partial charge in [0, 0.05) is 31.9 Å². The number of aryl methyl sites for hydroxylation is 1. The Labute approximate surface area is 123 Å². The van der Waals surface area contributed by atoms with Crippen LogP contribution in [0, 0.1) is 6.92 Å². The summed E-state index contributed by atoms with van der Waals surface area (Å²) in [6.07, 6.45) is -3.26. The molecule has 3 nitrogen and oxygen atoms in total. The van der Waals surface area contributed by atoms with Gasteiger partial charge in [-0.05, 0) is 37.1 Å². The molecule has 6 heteroatoms. The van der Waals surface area contributed by atoms with Crippen molar-refractivity contribution in [3.05, 3.63) is 29.3 Å². The summed E-state index contributed by atoms with van der Waals surface area (Å²) >= 11 is 0. The minimum atomic E-state index is -4.11. The Hall–Kier alpha value is -1.27. The molecule has 0 bridgehead atoms. The summed E-state index contributed by atoms with van der Waals surface area (Å²) < 4.78 is 37.1. The van der Waals surface area contributed by atoms with Crippen LogP contribution in [0.15, 0.2) is 18.2 Å². The van der Waals surface area contributed by atoms with E-state index in [-0.39, 0.29) is 0 Å².